The molecule has 174 valence electrons. The zero-order chi connectivity index (χ0) is 26.3. The summed E-state index contributed by atoms with van der Waals surface area (Å²) in [6.07, 6.45) is -0.333. The number of hydrogen-bond donors (Lipinski definition) is 2. The average Bonchev–Trinajstić information content (AvgIpc) is 3.10. The molecule has 0 radical (unpaired) electrons. The Morgan fingerprint density at radius 1 is 1.06 bits per heavy atom. The molecule has 0 aromatic heterocycles. The molecule has 0 saturated carbocycles. The number of hydroxylamine groups is 2. The lowest BCUT2D eigenvalue weighted by atomic mass is 9.82. The van der Waals surface area contributed by atoms with E-state index in [1.165, 1.54) is 0 Å². The summed E-state index contributed by atoms with van der Waals surface area (Å²) >= 11 is 0. The molecule has 2 saturated heterocycles. The van der Waals surface area contributed by atoms with Crippen molar-refractivity contribution in [2.24, 2.45) is 5.41 Å². The molecule has 2 aliphatic heterocycles. The van der Waals surface area contributed by atoms with Gasteiger partial charge in [0.05, 0.1) is 11.8 Å². The van der Waals surface area contributed by atoms with Crippen LogP contribution in [0.1, 0.15) is 45.0 Å². The van der Waals surface area contributed by atoms with Gasteiger partial charge >= 0.3 is 5.97 Å². The van der Waals surface area contributed by atoms with Gasteiger partial charge in [0.25, 0.3) is 11.8 Å². The number of imide groups is 1. The van der Waals surface area contributed by atoms with Gasteiger partial charge in [0, 0.05) is 63.5 Å². The van der Waals surface area contributed by atoms with E-state index in [2.05, 4.69) is 10.6 Å². The van der Waals surface area contributed by atoms with E-state index >= 15 is 0 Å². The van der Waals surface area contributed by atoms with Gasteiger partial charge in [-0.25, -0.2) is 4.79 Å². The van der Waals surface area contributed by atoms with Crippen molar-refractivity contribution >= 4 is 29.6 Å². The van der Waals surface area contributed by atoms with Crippen molar-refractivity contribution < 1.29 is 34.3 Å². The smallest absolute Gasteiger partial charge is 0.334 e. The molecule has 0 bridgehead atoms. The molecular weight excluding hydrogens is 410 g/mol. The van der Waals surface area contributed by atoms with Gasteiger partial charge in [-0.05, 0) is 27.8 Å². The van der Waals surface area contributed by atoms with E-state index in [1.54, 1.807) is 23.6 Å². The van der Waals surface area contributed by atoms with Gasteiger partial charge in [0.15, 0.2) is 0 Å². The average molecular weight is 448 g/mol. The minimum atomic E-state index is -1.30. The minimum absolute atomic E-state index is 0.00974. The second kappa shape index (κ2) is 10.7. The minimum Gasteiger partial charge on any atom is -0.355 e. The highest BCUT2D eigenvalue weighted by Crippen LogP contribution is 2.27. The number of nitrogens with one attached hydrogen (secondary N) is 2. The first-order chi connectivity index (χ1) is 16.3. The molecule has 2 rings (SSSR count). The predicted molar refractivity (Wildman–Crippen MR) is 110 cm³/mol. The Morgan fingerprint density at radius 3 is 2.39 bits per heavy atom. The third kappa shape index (κ3) is 6.73. The van der Waals surface area contributed by atoms with E-state index in [-0.39, 0.29) is 51.9 Å². The largest absolute Gasteiger partial charge is 0.355 e. The summed E-state index contributed by atoms with van der Waals surface area (Å²) < 4.78 is 30.9. The highest BCUT2D eigenvalue weighted by atomic mass is 16.8. The Kier molecular flexibility index (Phi) is 6.60. The number of rotatable bonds is 9. The van der Waals surface area contributed by atoms with Crippen LogP contribution in [0.25, 0.3) is 0 Å². The number of carbonyl (C=O) groups is 5. The van der Waals surface area contributed by atoms with E-state index < -0.39 is 55.1 Å². The molecule has 2 N–H and O–H groups in total. The van der Waals surface area contributed by atoms with Crippen molar-refractivity contribution in [1.82, 2.24) is 25.5 Å². The summed E-state index contributed by atoms with van der Waals surface area (Å²) in [5.41, 5.74) is -1.06. The molecule has 2 fully saturated rings. The quantitative estimate of drug-likeness (QED) is 0.336. The van der Waals surface area contributed by atoms with Crippen molar-refractivity contribution in [1.29, 1.82) is 0 Å². The number of nitrogens with zero attached hydrogens (tertiary/aromatic N) is 3. The van der Waals surface area contributed by atoms with Gasteiger partial charge in [-0.2, -0.15) is 0 Å². The van der Waals surface area contributed by atoms with Crippen molar-refractivity contribution in [2.75, 3.05) is 46.7 Å². The van der Waals surface area contributed by atoms with Crippen LogP contribution in [0.15, 0.2) is 0 Å². The second-order valence-electron chi connectivity index (χ2n) is 8.12. The van der Waals surface area contributed by atoms with E-state index in [9.17, 15) is 24.0 Å². The van der Waals surface area contributed by atoms with E-state index in [0.717, 1.165) is 0 Å². The van der Waals surface area contributed by atoms with Crippen LogP contribution in [0.5, 0.6) is 0 Å². The van der Waals surface area contributed by atoms with Crippen molar-refractivity contribution in [3.8, 4) is 0 Å². The third-order valence-electron chi connectivity index (χ3n) is 5.36. The summed E-state index contributed by atoms with van der Waals surface area (Å²) in [4.78, 5) is 67.3. The summed E-state index contributed by atoms with van der Waals surface area (Å²) in [6, 6.07) is -0.566. The molecule has 1 unspecified atom stereocenters. The van der Waals surface area contributed by atoms with Crippen LogP contribution in [0.2, 0.25) is 0 Å². The number of hydrogen-bond acceptors (Lipinski definition) is 8. The molecule has 2 heterocycles. The highest BCUT2D eigenvalue weighted by molar-refractivity contribution is 6.01. The van der Waals surface area contributed by atoms with Crippen molar-refractivity contribution in [3.63, 3.8) is 0 Å². The second-order valence-corrected chi connectivity index (χ2v) is 8.12. The Labute approximate surface area is 188 Å². The summed E-state index contributed by atoms with van der Waals surface area (Å²) in [5, 5.41) is 5.61. The normalized spacial score (nSPS) is 22.7. The van der Waals surface area contributed by atoms with Crippen LogP contribution in [-0.2, 0) is 28.8 Å². The van der Waals surface area contributed by atoms with Crippen LogP contribution < -0.4 is 10.6 Å². The van der Waals surface area contributed by atoms with Crippen LogP contribution in [0, 0.1) is 5.41 Å². The molecule has 2 aliphatic rings. The lowest BCUT2D eigenvalue weighted by Gasteiger charge is -2.45. The maximum Gasteiger partial charge on any atom is 0.334 e. The Morgan fingerprint density at radius 2 is 1.74 bits per heavy atom. The van der Waals surface area contributed by atoms with Crippen molar-refractivity contribution in [3.05, 3.63) is 0 Å². The predicted octanol–water partition coefficient (Wildman–Crippen LogP) is -1.12. The molecule has 0 spiro atoms. The van der Waals surface area contributed by atoms with Crippen LogP contribution in [0.4, 0.5) is 0 Å². The van der Waals surface area contributed by atoms with Gasteiger partial charge < -0.3 is 20.4 Å². The SMILES string of the molecule is [2H][13CH]([2H])N1C[13CH2]N([13CH]([2H])[2H])C(C(C)(C)C(=O)NCCC(=O)NCC[13C](=O)ON2C(=O)CCC2=O)C1. The fourth-order valence-corrected chi connectivity index (χ4v) is 3.33. The highest BCUT2D eigenvalue weighted by Gasteiger charge is 2.41. The zero-order valence-electron chi connectivity index (χ0n) is 21.9. The maximum absolute atomic E-state index is 12.9. The number of likely N-dealkylation sites (N-methyl/N-ethyl adjacent to an activating group) is 2. The van der Waals surface area contributed by atoms with E-state index in [1.807, 2.05) is 0 Å². The number of piperazine rings is 1. The monoisotopic (exact) mass is 447 g/mol. The molecule has 11 heteroatoms. The Hall–Kier alpha value is -2.53. The summed E-state index contributed by atoms with van der Waals surface area (Å²) in [6.45, 7) is 1.59. The van der Waals surface area contributed by atoms with Gasteiger partial charge in [-0.3, -0.25) is 24.1 Å². The third-order valence-corrected chi connectivity index (χ3v) is 5.36. The topological polar surface area (TPSA) is 128 Å². The standard InChI is InChI=1S/C20H33N5O6/c1-20(2,14-13-23(3)11-12-24(14)4)19(30)22-9-7-15(26)21-10-8-18(29)31-25-16(27)5-6-17(25)28/h14H,5-13H2,1-4H3,(H,21,26)(H,22,30)/i3+1D2,4+1D2,12+1,18+1. The van der Waals surface area contributed by atoms with Gasteiger partial charge in [-0.15, -0.1) is 5.06 Å². The lowest BCUT2D eigenvalue weighted by molar-refractivity contribution is -0.197. The fraction of sp³-hybridized carbons (Fsp3) is 0.750. The first-order valence-electron chi connectivity index (χ1n) is 12.5. The Balaban J connectivity index is 1.76. The van der Waals surface area contributed by atoms with E-state index in [0.29, 0.717) is 11.6 Å². The number of carbonyl (C=O) groups excluding carboxylic acids is 5. The first-order valence-corrected chi connectivity index (χ1v) is 10.1. The molecule has 11 nitrogen and oxygen atoms in total. The summed E-state index contributed by atoms with van der Waals surface area (Å²) in [5.74, 6) is -2.83. The zero-order valence-corrected chi connectivity index (χ0v) is 17.9. The molecule has 0 aromatic rings. The maximum atomic E-state index is 12.9. The van der Waals surface area contributed by atoms with Crippen LogP contribution in [0.3, 0.4) is 0 Å². The fourth-order valence-electron chi connectivity index (χ4n) is 3.33. The van der Waals surface area contributed by atoms with Crippen LogP contribution in [-0.4, -0.2) is 97.2 Å². The Bertz CT molecular complexity index is 812. The molecule has 0 aromatic carbocycles. The van der Waals surface area contributed by atoms with Gasteiger partial charge in [0.1, 0.15) is 0 Å². The van der Waals surface area contributed by atoms with Gasteiger partial charge in [0.2, 0.25) is 11.8 Å². The van der Waals surface area contributed by atoms with Crippen LogP contribution >= 0.6 is 0 Å². The molecule has 1 atom stereocenters. The number of amides is 4. The van der Waals surface area contributed by atoms with Crippen molar-refractivity contribution in [2.45, 2.75) is 45.6 Å². The molecule has 31 heavy (non-hydrogen) atoms. The van der Waals surface area contributed by atoms with E-state index in [4.69, 9.17) is 10.3 Å². The van der Waals surface area contributed by atoms with Gasteiger partial charge in [-0.1, -0.05) is 0 Å². The first kappa shape index (κ1) is 19.2. The molecule has 4 amide bonds. The molecular formula is C20H33N5O6. The lowest BCUT2D eigenvalue weighted by Crippen LogP contribution is -2.60. The summed E-state index contributed by atoms with van der Waals surface area (Å²) in [7, 11) is 0. The molecule has 0 aliphatic carbocycles.